The Hall–Kier alpha value is -4.45. The Kier molecular flexibility index (Phi) is 6.72. The molecule has 0 aliphatic carbocycles. The van der Waals surface area contributed by atoms with Crippen molar-refractivity contribution in [3.05, 3.63) is 89.6 Å². The topological polar surface area (TPSA) is 88.9 Å². The third-order valence-electron chi connectivity index (χ3n) is 5.54. The van der Waals surface area contributed by atoms with Crippen LogP contribution in [-0.2, 0) is 17.9 Å². The van der Waals surface area contributed by atoms with Gasteiger partial charge in [0.1, 0.15) is 17.9 Å². The Morgan fingerprint density at radius 3 is 2.66 bits per heavy atom. The fraction of sp³-hybridized carbons (Fsp3) is 0.120. The van der Waals surface area contributed by atoms with Crippen LogP contribution in [-0.4, -0.2) is 37.2 Å². The maximum atomic E-state index is 14.1. The number of hydrogen-bond acceptors (Lipinski definition) is 5. The molecule has 0 bridgehead atoms. The van der Waals surface area contributed by atoms with Crippen molar-refractivity contribution in [3.63, 3.8) is 0 Å². The minimum absolute atomic E-state index is 0.0651. The number of halogens is 5. The summed E-state index contributed by atoms with van der Waals surface area (Å²) in [6.07, 6.45) is -2.18. The van der Waals surface area contributed by atoms with Crippen LogP contribution in [0.1, 0.15) is 5.56 Å². The molecule has 0 radical (unpaired) electrons. The van der Waals surface area contributed by atoms with Crippen LogP contribution >= 0.6 is 11.6 Å². The zero-order chi connectivity index (χ0) is 26.9. The average Bonchev–Trinajstić information content (AvgIpc) is 3.52. The molecule has 13 heteroatoms. The van der Waals surface area contributed by atoms with Crippen molar-refractivity contribution in [1.29, 1.82) is 0 Å². The summed E-state index contributed by atoms with van der Waals surface area (Å²) in [7, 11) is 0. The number of alkyl halides is 3. The van der Waals surface area contributed by atoms with Crippen molar-refractivity contribution in [3.8, 4) is 17.0 Å². The number of imidazole rings is 1. The molecular formula is C25H17ClF4N6O2. The van der Waals surface area contributed by atoms with Gasteiger partial charge in [0, 0.05) is 16.8 Å². The predicted molar refractivity (Wildman–Crippen MR) is 131 cm³/mol. The van der Waals surface area contributed by atoms with Gasteiger partial charge in [-0.15, -0.1) is 18.3 Å². The molecule has 0 atom stereocenters. The second-order valence-electron chi connectivity index (χ2n) is 8.18. The fourth-order valence-electron chi connectivity index (χ4n) is 3.96. The SMILES string of the molecule is O=C(Cn1nnc2ccccc21)N(Cc1cc(F)cc(Cl)c1)c1ccc(-c2c[nH]cn2)cc1OC(F)(F)F. The minimum atomic E-state index is -5.06. The number of H-pyrrole nitrogens is 1. The van der Waals surface area contributed by atoms with Crippen molar-refractivity contribution in [2.24, 2.45) is 0 Å². The molecule has 194 valence electrons. The highest BCUT2D eigenvalue weighted by Crippen LogP contribution is 2.37. The Morgan fingerprint density at radius 1 is 1.11 bits per heavy atom. The van der Waals surface area contributed by atoms with E-state index in [1.807, 2.05) is 0 Å². The Bertz CT molecular complexity index is 1580. The van der Waals surface area contributed by atoms with Gasteiger partial charge in [-0.1, -0.05) is 35.0 Å². The number of rotatable bonds is 7. The zero-order valence-corrected chi connectivity index (χ0v) is 20.0. The maximum absolute atomic E-state index is 14.1. The molecule has 1 amide bonds. The lowest BCUT2D eigenvalue weighted by molar-refractivity contribution is -0.274. The lowest BCUT2D eigenvalue weighted by Crippen LogP contribution is -2.34. The van der Waals surface area contributed by atoms with E-state index >= 15 is 0 Å². The number of carbonyl (C=O) groups is 1. The van der Waals surface area contributed by atoms with Gasteiger partial charge in [-0.2, -0.15) is 0 Å². The van der Waals surface area contributed by atoms with Crippen LogP contribution in [0.15, 0.2) is 73.2 Å². The summed E-state index contributed by atoms with van der Waals surface area (Å²) in [5.41, 5.74) is 1.83. The number of fused-ring (bicyclic) bond motifs is 1. The van der Waals surface area contributed by atoms with Crippen LogP contribution in [0.3, 0.4) is 0 Å². The van der Waals surface area contributed by atoms with Crippen molar-refractivity contribution >= 4 is 34.2 Å². The molecule has 0 saturated carbocycles. The quantitative estimate of drug-likeness (QED) is 0.264. The van der Waals surface area contributed by atoms with Gasteiger partial charge >= 0.3 is 6.36 Å². The third kappa shape index (κ3) is 5.59. The predicted octanol–water partition coefficient (Wildman–Crippen LogP) is 5.75. The number of amides is 1. The smallest absolute Gasteiger partial charge is 0.404 e. The van der Waals surface area contributed by atoms with Gasteiger partial charge in [0.2, 0.25) is 5.91 Å². The number of ether oxygens (including phenoxy) is 1. The third-order valence-corrected chi connectivity index (χ3v) is 5.76. The molecule has 38 heavy (non-hydrogen) atoms. The molecule has 3 aromatic carbocycles. The molecule has 0 fully saturated rings. The molecule has 2 heterocycles. The van der Waals surface area contributed by atoms with Crippen LogP contribution in [0.5, 0.6) is 5.75 Å². The molecular weight excluding hydrogens is 528 g/mol. The first-order valence-electron chi connectivity index (χ1n) is 11.1. The second-order valence-corrected chi connectivity index (χ2v) is 8.61. The monoisotopic (exact) mass is 544 g/mol. The number of nitrogens with one attached hydrogen (secondary N) is 1. The summed E-state index contributed by atoms with van der Waals surface area (Å²) >= 11 is 5.99. The first-order chi connectivity index (χ1) is 18.2. The first kappa shape index (κ1) is 25.2. The molecule has 5 rings (SSSR count). The van der Waals surface area contributed by atoms with E-state index in [-0.39, 0.29) is 29.4 Å². The maximum Gasteiger partial charge on any atom is 0.573 e. The molecule has 0 saturated heterocycles. The van der Waals surface area contributed by atoms with E-state index in [1.165, 1.54) is 35.4 Å². The zero-order valence-electron chi connectivity index (χ0n) is 19.3. The van der Waals surface area contributed by atoms with Crippen LogP contribution in [0, 0.1) is 5.82 Å². The highest BCUT2D eigenvalue weighted by Gasteiger charge is 2.34. The van der Waals surface area contributed by atoms with Gasteiger partial charge in [-0.3, -0.25) is 4.79 Å². The molecule has 0 unspecified atom stereocenters. The van der Waals surface area contributed by atoms with E-state index in [0.717, 1.165) is 23.1 Å². The van der Waals surface area contributed by atoms with Crippen LogP contribution in [0.25, 0.3) is 22.3 Å². The molecule has 0 aliphatic heterocycles. The minimum Gasteiger partial charge on any atom is -0.404 e. The number of nitrogens with zero attached hydrogens (tertiary/aromatic N) is 5. The summed E-state index contributed by atoms with van der Waals surface area (Å²) in [5.74, 6) is -1.96. The number of para-hydroxylation sites is 1. The van der Waals surface area contributed by atoms with E-state index in [2.05, 4.69) is 25.0 Å². The van der Waals surface area contributed by atoms with E-state index in [1.54, 1.807) is 24.3 Å². The van der Waals surface area contributed by atoms with Crippen molar-refractivity contribution < 1.29 is 27.1 Å². The van der Waals surface area contributed by atoms with E-state index < -0.39 is 23.8 Å². The van der Waals surface area contributed by atoms with Crippen molar-refractivity contribution in [2.45, 2.75) is 19.5 Å². The van der Waals surface area contributed by atoms with E-state index in [4.69, 9.17) is 11.6 Å². The number of anilines is 1. The summed E-state index contributed by atoms with van der Waals surface area (Å²) in [6.45, 7) is -0.672. The van der Waals surface area contributed by atoms with Gasteiger partial charge in [-0.25, -0.2) is 14.1 Å². The van der Waals surface area contributed by atoms with Crippen LogP contribution in [0.4, 0.5) is 23.2 Å². The standard InChI is InChI=1S/C25H17ClF4N6O2/c26-17-7-15(8-18(27)10-17)12-35(24(37)13-36-21-4-2-1-3-19(21)33-34-36)22-6-5-16(20-11-31-14-32-20)9-23(22)38-25(28,29)30/h1-11,14H,12-13H2,(H,31,32). The van der Waals surface area contributed by atoms with E-state index in [9.17, 15) is 22.4 Å². The summed E-state index contributed by atoms with van der Waals surface area (Å²) in [4.78, 5) is 21.5. The van der Waals surface area contributed by atoms with Crippen molar-refractivity contribution in [1.82, 2.24) is 25.0 Å². The highest BCUT2D eigenvalue weighted by atomic mass is 35.5. The van der Waals surface area contributed by atoms with Gasteiger partial charge in [0.25, 0.3) is 0 Å². The largest absolute Gasteiger partial charge is 0.573 e. The van der Waals surface area contributed by atoms with Gasteiger partial charge in [0.15, 0.2) is 5.75 Å². The summed E-state index contributed by atoms with van der Waals surface area (Å²) in [6, 6.07) is 14.5. The summed E-state index contributed by atoms with van der Waals surface area (Å²) in [5, 5.41) is 8.07. The molecule has 1 N–H and O–H groups in total. The lowest BCUT2D eigenvalue weighted by Gasteiger charge is -2.26. The van der Waals surface area contributed by atoms with Crippen molar-refractivity contribution in [2.75, 3.05) is 4.90 Å². The average molecular weight is 545 g/mol. The second kappa shape index (κ2) is 10.1. The number of aromatic nitrogens is 5. The van der Waals surface area contributed by atoms with Gasteiger partial charge in [0.05, 0.1) is 29.8 Å². The van der Waals surface area contributed by atoms with Gasteiger partial charge in [-0.05, 0) is 48.0 Å². The first-order valence-corrected chi connectivity index (χ1v) is 11.5. The normalized spacial score (nSPS) is 11.6. The van der Waals surface area contributed by atoms with Gasteiger partial charge < -0.3 is 14.6 Å². The molecule has 0 aliphatic rings. The highest BCUT2D eigenvalue weighted by molar-refractivity contribution is 6.30. The molecule has 5 aromatic rings. The van der Waals surface area contributed by atoms with E-state index in [0.29, 0.717) is 22.3 Å². The number of carbonyl (C=O) groups excluding carboxylic acids is 1. The fourth-order valence-corrected chi connectivity index (χ4v) is 4.21. The molecule has 0 spiro atoms. The Morgan fingerprint density at radius 2 is 1.92 bits per heavy atom. The van der Waals surface area contributed by atoms with Crippen LogP contribution in [0.2, 0.25) is 5.02 Å². The number of benzene rings is 3. The lowest BCUT2D eigenvalue weighted by atomic mass is 10.1. The number of aromatic amines is 1. The molecule has 8 nitrogen and oxygen atoms in total. The summed E-state index contributed by atoms with van der Waals surface area (Å²) < 4.78 is 60.0. The number of hydrogen-bond donors (Lipinski definition) is 1. The van der Waals surface area contributed by atoms with Crippen LogP contribution < -0.4 is 9.64 Å². The Balaban J connectivity index is 1.59. The Labute approximate surface area is 217 Å². The molecule has 2 aromatic heterocycles.